The lowest BCUT2D eigenvalue weighted by Gasteiger charge is -2.37. The molecule has 0 amide bonds. The Morgan fingerprint density at radius 2 is 1.82 bits per heavy atom. The van der Waals surface area contributed by atoms with Crippen molar-refractivity contribution >= 4 is 11.7 Å². The van der Waals surface area contributed by atoms with E-state index in [2.05, 4.69) is 34.8 Å². The summed E-state index contributed by atoms with van der Waals surface area (Å²) in [7, 11) is 0. The fourth-order valence-electron chi connectivity index (χ4n) is 5.57. The van der Waals surface area contributed by atoms with Crippen LogP contribution in [0.15, 0.2) is 60.0 Å². The normalized spacial score (nSPS) is 22.4. The van der Waals surface area contributed by atoms with Crippen LogP contribution in [0.5, 0.6) is 5.75 Å². The average molecular weight is 445 g/mol. The number of fused-ring (bicyclic) bond motifs is 2. The summed E-state index contributed by atoms with van der Waals surface area (Å²) in [6.45, 7) is 6.93. The number of benzene rings is 2. The number of nitrogens with zero attached hydrogens (tertiary/aromatic N) is 2. The average Bonchev–Trinajstić information content (AvgIpc) is 3.46. The zero-order chi connectivity index (χ0) is 22.6. The summed E-state index contributed by atoms with van der Waals surface area (Å²) >= 11 is 0. The maximum atomic E-state index is 11.1. The molecular formula is C27H28N2O4. The van der Waals surface area contributed by atoms with Gasteiger partial charge in [-0.1, -0.05) is 36.0 Å². The minimum Gasteiger partial charge on any atom is -0.478 e. The largest absolute Gasteiger partial charge is 0.478 e. The fourth-order valence-corrected chi connectivity index (χ4v) is 5.57. The first-order chi connectivity index (χ1) is 15.9. The van der Waals surface area contributed by atoms with E-state index >= 15 is 0 Å². The van der Waals surface area contributed by atoms with Gasteiger partial charge in [-0.2, -0.15) is 0 Å². The van der Waals surface area contributed by atoms with Gasteiger partial charge in [0.2, 0.25) is 0 Å². The van der Waals surface area contributed by atoms with Gasteiger partial charge >= 0.3 is 5.97 Å². The van der Waals surface area contributed by atoms with Crippen LogP contribution < -0.4 is 4.74 Å². The Morgan fingerprint density at radius 1 is 1.06 bits per heavy atom. The van der Waals surface area contributed by atoms with E-state index in [-0.39, 0.29) is 16.6 Å². The third-order valence-corrected chi connectivity index (χ3v) is 7.74. The fraction of sp³-hybridized carbons (Fsp3) is 0.407. The maximum absolute atomic E-state index is 11.1. The first-order valence-corrected chi connectivity index (χ1v) is 11.7. The molecule has 0 aromatic heterocycles. The number of ether oxygens (including phenoxy) is 1. The van der Waals surface area contributed by atoms with E-state index < -0.39 is 5.97 Å². The van der Waals surface area contributed by atoms with E-state index in [0.717, 1.165) is 68.1 Å². The van der Waals surface area contributed by atoms with Crippen molar-refractivity contribution in [2.24, 2.45) is 5.16 Å². The number of oxime groups is 1. The highest BCUT2D eigenvalue weighted by molar-refractivity contribution is 6.02. The number of hydrogen-bond acceptors (Lipinski definition) is 5. The molecule has 0 atom stereocenters. The first-order valence-electron chi connectivity index (χ1n) is 11.7. The van der Waals surface area contributed by atoms with E-state index in [1.165, 1.54) is 24.0 Å². The topological polar surface area (TPSA) is 71.4 Å². The van der Waals surface area contributed by atoms with Gasteiger partial charge in [0.15, 0.2) is 0 Å². The van der Waals surface area contributed by atoms with Crippen molar-refractivity contribution in [3.63, 3.8) is 0 Å². The summed E-state index contributed by atoms with van der Waals surface area (Å²) in [5.74, 6) is 0.967. The molecule has 6 nitrogen and oxygen atoms in total. The first kappa shape index (κ1) is 20.5. The van der Waals surface area contributed by atoms with Gasteiger partial charge in [-0.15, -0.1) is 0 Å². The third kappa shape index (κ3) is 3.72. The second kappa shape index (κ2) is 7.45. The Kier molecular flexibility index (Phi) is 4.63. The Balaban J connectivity index is 1.08. The summed E-state index contributed by atoms with van der Waals surface area (Å²) in [5, 5.41) is 13.5. The lowest BCUT2D eigenvalue weighted by Crippen LogP contribution is -2.44. The van der Waals surface area contributed by atoms with Crippen LogP contribution in [0.3, 0.4) is 0 Å². The van der Waals surface area contributed by atoms with Crippen molar-refractivity contribution in [2.45, 2.75) is 56.1 Å². The van der Waals surface area contributed by atoms with E-state index in [1.807, 2.05) is 12.1 Å². The van der Waals surface area contributed by atoms with Crippen molar-refractivity contribution in [3.8, 4) is 5.75 Å². The monoisotopic (exact) mass is 444 g/mol. The van der Waals surface area contributed by atoms with E-state index in [0.29, 0.717) is 0 Å². The molecule has 3 aliphatic heterocycles. The van der Waals surface area contributed by atoms with Gasteiger partial charge in [0.05, 0.1) is 17.0 Å². The number of carbonyl (C=O) groups is 1. The molecule has 170 valence electrons. The molecule has 0 radical (unpaired) electrons. The highest BCUT2D eigenvalue weighted by atomic mass is 16.7. The molecule has 1 aliphatic carbocycles. The standard InChI is InChI=1S/C27H28N2O4/c1-18-15-26(8-9-26)22-14-19(2-7-24(22)32-18)17-29-12-10-27(11-13-29)16-23(28-33-27)20-3-5-21(6-4-20)25(30)31/h2-7,14H,1,8-13,15-17H2,(H,30,31). The number of piperidine rings is 1. The van der Waals surface area contributed by atoms with Crippen molar-refractivity contribution in [3.05, 3.63) is 77.1 Å². The van der Waals surface area contributed by atoms with E-state index in [1.54, 1.807) is 12.1 Å². The summed E-state index contributed by atoms with van der Waals surface area (Å²) < 4.78 is 5.91. The van der Waals surface area contributed by atoms with Crippen molar-refractivity contribution < 1.29 is 19.5 Å². The molecule has 33 heavy (non-hydrogen) atoms. The molecule has 1 N–H and O–H groups in total. The number of aromatic carboxylic acids is 1. The molecule has 6 rings (SSSR count). The molecule has 1 saturated carbocycles. The smallest absolute Gasteiger partial charge is 0.335 e. The molecule has 6 heteroatoms. The zero-order valence-corrected chi connectivity index (χ0v) is 18.7. The molecule has 1 saturated heterocycles. The van der Waals surface area contributed by atoms with Crippen LogP contribution in [0.2, 0.25) is 0 Å². The van der Waals surface area contributed by atoms with Gasteiger partial charge in [-0.25, -0.2) is 4.79 Å². The maximum Gasteiger partial charge on any atom is 0.335 e. The van der Waals surface area contributed by atoms with Gasteiger partial charge in [-0.3, -0.25) is 4.90 Å². The molecule has 2 spiro atoms. The van der Waals surface area contributed by atoms with Crippen LogP contribution in [0.25, 0.3) is 0 Å². The quantitative estimate of drug-likeness (QED) is 0.728. The van der Waals surface area contributed by atoms with Crippen molar-refractivity contribution in [1.29, 1.82) is 0 Å². The van der Waals surface area contributed by atoms with Crippen LogP contribution in [-0.2, 0) is 16.8 Å². The minimum atomic E-state index is -0.917. The Morgan fingerprint density at radius 3 is 2.52 bits per heavy atom. The second-order valence-corrected chi connectivity index (χ2v) is 10.1. The lowest BCUT2D eigenvalue weighted by atomic mass is 9.85. The van der Waals surface area contributed by atoms with Gasteiger partial charge in [0.25, 0.3) is 0 Å². The number of carboxylic acids is 1. The molecule has 0 bridgehead atoms. The van der Waals surface area contributed by atoms with Crippen LogP contribution in [0.1, 0.15) is 65.6 Å². The van der Waals surface area contributed by atoms with Crippen LogP contribution in [-0.4, -0.2) is 40.4 Å². The van der Waals surface area contributed by atoms with Crippen molar-refractivity contribution in [2.75, 3.05) is 13.1 Å². The van der Waals surface area contributed by atoms with E-state index in [9.17, 15) is 4.79 Å². The molecule has 3 heterocycles. The Hall–Kier alpha value is -3.12. The van der Waals surface area contributed by atoms with Gasteiger partial charge in [0.1, 0.15) is 11.4 Å². The Bertz CT molecular complexity index is 1160. The summed E-state index contributed by atoms with van der Waals surface area (Å²) in [4.78, 5) is 19.5. The summed E-state index contributed by atoms with van der Waals surface area (Å²) in [6, 6.07) is 13.6. The van der Waals surface area contributed by atoms with Crippen LogP contribution in [0, 0.1) is 0 Å². The Labute approximate surface area is 193 Å². The lowest BCUT2D eigenvalue weighted by molar-refractivity contribution is -0.0627. The molecule has 4 aliphatic rings. The minimum absolute atomic E-state index is 0.237. The molecule has 0 unspecified atom stereocenters. The summed E-state index contributed by atoms with van der Waals surface area (Å²) in [5.41, 5.74) is 4.88. The SMILES string of the molecule is C=C1CC2(CC2)c2cc(CN3CCC4(CC3)CC(c3ccc(C(=O)O)cc3)=NO4)ccc2O1. The molecular weight excluding hydrogens is 416 g/mol. The van der Waals surface area contributed by atoms with Crippen LogP contribution >= 0.6 is 0 Å². The van der Waals surface area contributed by atoms with E-state index in [4.69, 9.17) is 14.7 Å². The number of rotatable bonds is 4. The van der Waals surface area contributed by atoms with Crippen LogP contribution in [0.4, 0.5) is 0 Å². The van der Waals surface area contributed by atoms with Crippen molar-refractivity contribution in [1.82, 2.24) is 4.90 Å². The highest BCUT2D eigenvalue weighted by Gasteiger charge is 2.49. The predicted molar refractivity (Wildman–Crippen MR) is 125 cm³/mol. The third-order valence-electron chi connectivity index (χ3n) is 7.74. The van der Waals surface area contributed by atoms with Gasteiger partial charge in [-0.05, 0) is 42.2 Å². The zero-order valence-electron chi connectivity index (χ0n) is 18.7. The number of likely N-dealkylation sites (tertiary alicyclic amines) is 1. The van der Waals surface area contributed by atoms with Gasteiger partial charge < -0.3 is 14.7 Å². The molecule has 2 fully saturated rings. The molecule has 2 aromatic rings. The van der Waals surface area contributed by atoms with Gasteiger partial charge in [0, 0.05) is 56.3 Å². The second-order valence-electron chi connectivity index (χ2n) is 10.1. The number of hydrogen-bond donors (Lipinski definition) is 1. The number of carboxylic acid groups (broad SMARTS) is 1. The molecule has 2 aromatic carbocycles. The predicted octanol–water partition coefficient (Wildman–Crippen LogP) is 4.87. The number of allylic oxidation sites excluding steroid dienone is 1. The highest BCUT2D eigenvalue weighted by Crippen LogP contribution is 2.58. The summed E-state index contributed by atoms with van der Waals surface area (Å²) in [6.07, 6.45) is 6.06.